The van der Waals surface area contributed by atoms with Gasteiger partial charge in [-0.15, -0.1) is 0 Å². The maximum absolute atomic E-state index is 11.6. The highest BCUT2D eigenvalue weighted by Gasteiger charge is 2.13. The summed E-state index contributed by atoms with van der Waals surface area (Å²) in [5.41, 5.74) is 0.541. The number of ketones is 1. The van der Waals surface area contributed by atoms with Crippen LogP contribution in [0.25, 0.3) is 0 Å². The molecule has 0 spiro atoms. The van der Waals surface area contributed by atoms with Crippen LogP contribution in [-0.4, -0.2) is 18.2 Å². The zero-order valence-corrected chi connectivity index (χ0v) is 10.1. The van der Waals surface area contributed by atoms with Crippen LogP contribution in [0.1, 0.15) is 16.8 Å². The van der Waals surface area contributed by atoms with Gasteiger partial charge in [-0.1, -0.05) is 33.6 Å². The Hall–Kier alpha value is -0.540. The van der Waals surface area contributed by atoms with Crippen LogP contribution in [0.5, 0.6) is 5.75 Å². The molecule has 0 saturated carbocycles. The molecule has 0 radical (unpaired) electrons. The molecule has 4 heteroatoms. The summed E-state index contributed by atoms with van der Waals surface area (Å²) in [6, 6.07) is 5.16. The molecule has 0 aliphatic rings. The monoisotopic (exact) mass is 276 g/mol. The van der Waals surface area contributed by atoms with Gasteiger partial charge in [0.25, 0.3) is 0 Å². The highest BCUT2D eigenvalue weighted by Crippen LogP contribution is 2.29. The molecule has 14 heavy (non-hydrogen) atoms. The number of Topliss-reactive ketones (excluding diaryl/α,β-unsaturated/α-hetero) is 1. The van der Waals surface area contributed by atoms with Crippen molar-refractivity contribution in [3.63, 3.8) is 0 Å². The highest BCUT2D eigenvalue weighted by atomic mass is 79.9. The summed E-state index contributed by atoms with van der Waals surface area (Å²) in [4.78, 5) is 11.6. The quantitative estimate of drug-likeness (QED) is 0.623. The lowest BCUT2D eigenvalue weighted by Gasteiger charge is -2.08. The molecule has 76 valence electrons. The Bertz CT molecular complexity index is 339. The zero-order valence-electron chi connectivity index (χ0n) is 7.72. The average molecular weight is 278 g/mol. The van der Waals surface area contributed by atoms with Crippen LogP contribution in [0.2, 0.25) is 5.02 Å². The van der Waals surface area contributed by atoms with Gasteiger partial charge in [-0.25, -0.2) is 0 Å². The first kappa shape index (κ1) is 11.5. The van der Waals surface area contributed by atoms with Gasteiger partial charge >= 0.3 is 0 Å². The Morgan fingerprint density at radius 2 is 2.29 bits per heavy atom. The van der Waals surface area contributed by atoms with Crippen molar-refractivity contribution < 1.29 is 9.53 Å². The SMILES string of the molecule is COc1c(Cl)cccc1C(=O)CCBr. The fraction of sp³-hybridized carbons (Fsp3) is 0.300. The van der Waals surface area contributed by atoms with Gasteiger partial charge in [-0.3, -0.25) is 4.79 Å². The predicted molar refractivity (Wildman–Crippen MR) is 60.7 cm³/mol. The van der Waals surface area contributed by atoms with E-state index in [2.05, 4.69) is 15.9 Å². The number of ether oxygens (including phenoxy) is 1. The summed E-state index contributed by atoms with van der Waals surface area (Å²) in [5, 5.41) is 1.11. The number of carbonyl (C=O) groups excluding carboxylic acids is 1. The van der Waals surface area contributed by atoms with Gasteiger partial charge < -0.3 is 4.74 Å². The van der Waals surface area contributed by atoms with Crippen LogP contribution in [0.15, 0.2) is 18.2 Å². The second-order valence-electron chi connectivity index (χ2n) is 2.68. The van der Waals surface area contributed by atoms with Crippen molar-refractivity contribution in [2.75, 3.05) is 12.4 Å². The second kappa shape index (κ2) is 5.37. The number of rotatable bonds is 4. The van der Waals surface area contributed by atoms with Crippen LogP contribution < -0.4 is 4.74 Å². The molecule has 0 saturated heterocycles. The fourth-order valence-electron chi connectivity index (χ4n) is 1.16. The van der Waals surface area contributed by atoms with Gasteiger partial charge in [0.1, 0.15) is 5.75 Å². The molecule has 0 aromatic heterocycles. The Labute approximate surface area is 96.3 Å². The number of hydrogen-bond donors (Lipinski definition) is 0. The Balaban J connectivity index is 3.07. The van der Waals surface area contributed by atoms with Gasteiger partial charge in [0.05, 0.1) is 17.7 Å². The minimum Gasteiger partial charge on any atom is -0.494 e. The van der Waals surface area contributed by atoms with Crippen molar-refractivity contribution in [3.05, 3.63) is 28.8 Å². The van der Waals surface area contributed by atoms with Gasteiger partial charge in [0.2, 0.25) is 0 Å². The standard InChI is InChI=1S/C10H10BrClO2/c1-14-10-7(9(13)5-6-11)3-2-4-8(10)12/h2-4H,5-6H2,1H3. The summed E-state index contributed by atoms with van der Waals surface area (Å²) >= 11 is 9.10. The highest BCUT2D eigenvalue weighted by molar-refractivity contribution is 9.09. The van der Waals surface area contributed by atoms with Gasteiger partial charge in [0.15, 0.2) is 5.78 Å². The lowest BCUT2D eigenvalue weighted by atomic mass is 10.1. The molecule has 0 atom stereocenters. The maximum atomic E-state index is 11.6. The van der Waals surface area contributed by atoms with E-state index in [1.807, 2.05) is 0 Å². The minimum atomic E-state index is 0.0289. The molecule has 2 nitrogen and oxygen atoms in total. The molecule has 1 aromatic carbocycles. The van der Waals surface area contributed by atoms with Crippen molar-refractivity contribution in [1.29, 1.82) is 0 Å². The van der Waals surface area contributed by atoms with E-state index in [1.54, 1.807) is 18.2 Å². The van der Waals surface area contributed by atoms with E-state index in [-0.39, 0.29) is 5.78 Å². The molecule has 0 amide bonds. The van der Waals surface area contributed by atoms with Crippen molar-refractivity contribution in [1.82, 2.24) is 0 Å². The fourth-order valence-corrected chi connectivity index (χ4v) is 1.77. The van der Waals surface area contributed by atoms with E-state index in [9.17, 15) is 4.79 Å². The Morgan fingerprint density at radius 1 is 1.57 bits per heavy atom. The molecule has 0 aliphatic heterocycles. The van der Waals surface area contributed by atoms with E-state index in [0.717, 1.165) is 0 Å². The van der Waals surface area contributed by atoms with Crippen LogP contribution in [0, 0.1) is 0 Å². The first-order valence-electron chi connectivity index (χ1n) is 4.12. The number of benzene rings is 1. The van der Waals surface area contributed by atoms with Crippen LogP contribution in [0.3, 0.4) is 0 Å². The minimum absolute atomic E-state index is 0.0289. The first-order valence-corrected chi connectivity index (χ1v) is 5.62. The second-order valence-corrected chi connectivity index (χ2v) is 3.88. The third-order valence-electron chi connectivity index (χ3n) is 1.79. The van der Waals surface area contributed by atoms with Gasteiger partial charge in [-0.05, 0) is 12.1 Å². The number of para-hydroxylation sites is 1. The third kappa shape index (κ3) is 2.49. The van der Waals surface area contributed by atoms with E-state index in [1.165, 1.54) is 7.11 Å². The normalized spacial score (nSPS) is 9.93. The van der Waals surface area contributed by atoms with E-state index >= 15 is 0 Å². The molecule has 0 fully saturated rings. The smallest absolute Gasteiger partial charge is 0.167 e. The molecule has 0 unspecified atom stereocenters. The number of alkyl halides is 1. The van der Waals surface area contributed by atoms with Crippen molar-refractivity contribution in [2.24, 2.45) is 0 Å². The molecule has 0 aliphatic carbocycles. The van der Waals surface area contributed by atoms with Crippen molar-refractivity contribution >= 4 is 33.3 Å². The van der Waals surface area contributed by atoms with Crippen molar-refractivity contribution in [3.8, 4) is 5.75 Å². The first-order chi connectivity index (χ1) is 6.70. The number of hydrogen-bond acceptors (Lipinski definition) is 2. The molecular weight excluding hydrogens is 267 g/mol. The lowest BCUT2D eigenvalue weighted by molar-refractivity contribution is 0.0987. The number of carbonyl (C=O) groups is 1. The summed E-state index contributed by atoms with van der Waals surface area (Å²) in [7, 11) is 1.51. The molecular formula is C10H10BrClO2. The largest absolute Gasteiger partial charge is 0.494 e. The Morgan fingerprint density at radius 3 is 2.86 bits per heavy atom. The molecule has 0 N–H and O–H groups in total. The van der Waals surface area contributed by atoms with Crippen LogP contribution >= 0.6 is 27.5 Å². The summed E-state index contributed by atoms with van der Waals surface area (Å²) in [5.74, 6) is 0.487. The zero-order chi connectivity index (χ0) is 10.6. The van der Waals surface area contributed by atoms with E-state index < -0.39 is 0 Å². The van der Waals surface area contributed by atoms with Crippen LogP contribution in [0.4, 0.5) is 0 Å². The topological polar surface area (TPSA) is 26.3 Å². The van der Waals surface area contributed by atoms with Gasteiger partial charge in [-0.2, -0.15) is 0 Å². The van der Waals surface area contributed by atoms with E-state index in [0.29, 0.717) is 28.1 Å². The summed E-state index contributed by atoms with van der Waals surface area (Å²) < 4.78 is 5.08. The Kier molecular flexibility index (Phi) is 4.42. The van der Waals surface area contributed by atoms with Crippen LogP contribution in [-0.2, 0) is 0 Å². The molecule has 0 bridgehead atoms. The average Bonchev–Trinajstić information content (AvgIpc) is 2.17. The van der Waals surface area contributed by atoms with E-state index in [4.69, 9.17) is 16.3 Å². The maximum Gasteiger partial charge on any atom is 0.167 e. The predicted octanol–water partition coefficient (Wildman–Crippen LogP) is 3.32. The molecule has 1 aromatic rings. The van der Waals surface area contributed by atoms with Gasteiger partial charge in [0, 0.05) is 11.8 Å². The summed E-state index contributed by atoms with van der Waals surface area (Å²) in [6.07, 6.45) is 0.441. The third-order valence-corrected chi connectivity index (χ3v) is 2.49. The molecule has 0 heterocycles. The number of methoxy groups -OCH3 is 1. The lowest BCUT2D eigenvalue weighted by Crippen LogP contribution is -2.02. The molecule has 1 rings (SSSR count). The summed E-state index contributed by atoms with van der Waals surface area (Å²) in [6.45, 7) is 0. The number of halogens is 2. The van der Waals surface area contributed by atoms with Crippen molar-refractivity contribution in [2.45, 2.75) is 6.42 Å².